The lowest BCUT2D eigenvalue weighted by atomic mass is 10.0. The highest BCUT2D eigenvalue weighted by molar-refractivity contribution is 6.33. The third-order valence-electron chi connectivity index (χ3n) is 4.57. The van der Waals surface area contributed by atoms with Crippen LogP contribution in [-0.2, 0) is 20.6 Å². The fraction of sp³-hybridized carbons (Fsp3) is 0.526. The molecule has 2 N–H and O–H groups in total. The van der Waals surface area contributed by atoms with Gasteiger partial charge < -0.3 is 10.6 Å². The van der Waals surface area contributed by atoms with Crippen molar-refractivity contribution in [1.82, 2.24) is 10.2 Å². The van der Waals surface area contributed by atoms with E-state index in [9.17, 15) is 27.6 Å². The Bertz CT molecular complexity index is 768. The summed E-state index contributed by atoms with van der Waals surface area (Å²) in [5, 5.41) is 5.48. The number of nitrogens with one attached hydrogen (secondary N) is 2. The molecule has 0 aliphatic carbocycles. The first-order valence-corrected chi connectivity index (χ1v) is 9.62. The van der Waals surface area contributed by atoms with E-state index in [2.05, 4.69) is 10.6 Å². The van der Waals surface area contributed by atoms with Gasteiger partial charge in [0.1, 0.15) is 6.04 Å². The number of imide groups is 1. The number of likely N-dealkylation sites (tertiary alicyclic amines) is 1. The van der Waals surface area contributed by atoms with Crippen LogP contribution < -0.4 is 10.6 Å². The van der Waals surface area contributed by atoms with Crippen molar-refractivity contribution < 1.29 is 27.6 Å². The minimum absolute atomic E-state index is 0.135. The standard InChI is InChI=1S/C19H23ClF3N3O3/c1-11(2)17(25-14-5-4-12(10-13(14)20)19(21,22)23)18(29)24-8-3-9-26-15(27)6-7-16(26)28/h4-5,10-11,17,25H,3,6-9H2,1-2H3,(H,24,29)/t17-/m0/s1. The lowest BCUT2D eigenvalue weighted by Gasteiger charge is -2.24. The van der Waals surface area contributed by atoms with E-state index in [1.54, 1.807) is 13.8 Å². The summed E-state index contributed by atoms with van der Waals surface area (Å²) in [5.74, 6) is -0.940. The van der Waals surface area contributed by atoms with Crippen molar-refractivity contribution in [2.45, 2.75) is 45.3 Å². The number of hydrogen-bond donors (Lipinski definition) is 2. The lowest BCUT2D eigenvalue weighted by molar-refractivity contribution is -0.139. The van der Waals surface area contributed by atoms with E-state index in [1.807, 2.05) is 0 Å². The van der Waals surface area contributed by atoms with Gasteiger partial charge >= 0.3 is 6.18 Å². The predicted octanol–water partition coefficient (Wildman–Crippen LogP) is 3.45. The maximum absolute atomic E-state index is 12.8. The van der Waals surface area contributed by atoms with Crippen LogP contribution in [0.4, 0.5) is 18.9 Å². The molecule has 29 heavy (non-hydrogen) atoms. The summed E-state index contributed by atoms with van der Waals surface area (Å²) in [6, 6.07) is 2.18. The van der Waals surface area contributed by atoms with Crippen LogP contribution in [0.15, 0.2) is 18.2 Å². The van der Waals surface area contributed by atoms with Crippen LogP contribution in [0.2, 0.25) is 5.02 Å². The van der Waals surface area contributed by atoms with Crippen molar-refractivity contribution in [2.24, 2.45) is 5.92 Å². The normalized spacial score (nSPS) is 15.8. The topological polar surface area (TPSA) is 78.5 Å². The quantitative estimate of drug-likeness (QED) is 0.486. The minimum Gasteiger partial charge on any atom is -0.372 e. The molecule has 0 radical (unpaired) electrons. The second-order valence-corrected chi connectivity index (χ2v) is 7.55. The highest BCUT2D eigenvalue weighted by atomic mass is 35.5. The number of rotatable bonds is 8. The van der Waals surface area contributed by atoms with Crippen LogP contribution in [0, 0.1) is 5.92 Å². The fourth-order valence-corrected chi connectivity index (χ4v) is 3.18. The second kappa shape index (κ2) is 9.47. The maximum Gasteiger partial charge on any atom is 0.416 e. The number of carbonyl (C=O) groups is 3. The molecule has 10 heteroatoms. The smallest absolute Gasteiger partial charge is 0.372 e. The maximum atomic E-state index is 12.8. The van der Waals surface area contributed by atoms with Gasteiger partial charge in [-0.25, -0.2) is 0 Å². The molecule has 0 aromatic heterocycles. The van der Waals surface area contributed by atoms with E-state index in [-0.39, 0.29) is 60.3 Å². The first-order valence-electron chi connectivity index (χ1n) is 9.25. The Morgan fingerprint density at radius 3 is 2.34 bits per heavy atom. The van der Waals surface area contributed by atoms with Crippen LogP contribution in [0.25, 0.3) is 0 Å². The van der Waals surface area contributed by atoms with Crippen LogP contribution in [0.1, 0.15) is 38.7 Å². The van der Waals surface area contributed by atoms with Crippen LogP contribution in [-0.4, -0.2) is 41.8 Å². The molecule has 1 atom stereocenters. The number of anilines is 1. The third-order valence-corrected chi connectivity index (χ3v) is 4.88. The van der Waals surface area contributed by atoms with Gasteiger partial charge in [0.25, 0.3) is 0 Å². The van der Waals surface area contributed by atoms with Crippen molar-refractivity contribution in [2.75, 3.05) is 18.4 Å². The molecule has 160 valence electrons. The van der Waals surface area contributed by atoms with E-state index in [0.29, 0.717) is 6.42 Å². The summed E-state index contributed by atoms with van der Waals surface area (Å²) >= 11 is 5.95. The molecule has 1 fully saturated rings. The second-order valence-electron chi connectivity index (χ2n) is 7.14. The van der Waals surface area contributed by atoms with Crippen molar-refractivity contribution in [3.8, 4) is 0 Å². The van der Waals surface area contributed by atoms with Crippen molar-refractivity contribution >= 4 is 35.0 Å². The zero-order chi connectivity index (χ0) is 21.8. The Hall–Kier alpha value is -2.29. The fourth-order valence-electron chi connectivity index (χ4n) is 2.94. The largest absolute Gasteiger partial charge is 0.416 e. The van der Waals surface area contributed by atoms with Crippen molar-refractivity contribution in [3.05, 3.63) is 28.8 Å². The van der Waals surface area contributed by atoms with Crippen molar-refractivity contribution in [1.29, 1.82) is 0 Å². The number of benzene rings is 1. The van der Waals surface area contributed by atoms with Crippen LogP contribution in [0.3, 0.4) is 0 Å². The summed E-state index contributed by atoms with van der Waals surface area (Å²) in [6.07, 6.45) is -3.65. The van der Waals surface area contributed by atoms with E-state index in [4.69, 9.17) is 11.6 Å². The molecule has 3 amide bonds. The van der Waals surface area contributed by atoms with E-state index >= 15 is 0 Å². The number of alkyl halides is 3. The summed E-state index contributed by atoms with van der Waals surface area (Å²) in [5.41, 5.74) is -0.647. The Labute approximate surface area is 171 Å². The SMILES string of the molecule is CC(C)[C@H](Nc1ccc(C(F)(F)F)cc1Cl)C(=O)NCCCN1C(=O)CCC1=O. The molecule has 6 nitrogen and oxygen atoms in total. The molecule has 0 bridgehead atoms. The van der Waals surface area contributed by atoms with Gasteiger partial charge in [-0.3, -0.25) is 19.3 Å². The van der Waals surface area contributed by atoms with Gasteiger partial charge in [-0.1, -0.05) is 25.4 Å². The molecule has 0 unspecified atom stereocenters. The minimum atomic E-state index is -4.50. The Kier molecular flexibility index (Phi) is 7.51. The molecular weight excluding hydrogens is 411 g/mol. The third kappa shape index (κ3) is 6.09. The molecule has 1 aliphatic rings. The Morgan fingerprint density at radius 1 is 1.21 bits per heavy atom. The van der Waals surface area contributed by atoms with E-state index < -0.39 is 17.8 Å². The molecular formula is C19H23ClF3N3O3. The van der Waals surface area contributed by atoms with Gasteiger partial charge in [0.15, 0.2) is 0 Å². The monoisotopic (exact) mass is 433 g/mol. The molecule has 1 aliphatic heterocycles. The van der Waals surface area contributed by atoms with E-state index in [0.717, 1.165) is 12.1 Å². The number of hydrogen-bond acceptors (Lipinski definition) is 4. The number of halogens is 4. The summed E-state index contributed by atoms with van der Waals surface area (Å²) in [7, 11) is 0. The average molecular weight is 434 g/mol. The molecule has 1 aromatic carbocycles. The van der Waals surface area contributed by atoms with Gasteiger partial charge in [-0.15, -0.1) is 0 Å². The zero-order valence-corrected chi connectivity index (χ0v) is 16.9. The highest BCUT2D eigenvalue weighted by Crippen LogP contribution is 2.34. The average Bonchev–Trinajstić information content (AvgIpc) is 2.94. The van der Waals surface area contributed by atoms with Gasteiger partial charge in [0.2, 0.25) is 17.7 Å². The number of nitrogens with zero attached hydrogens (tertiary/aromatic N) is 1. The van der Waals surface area contributed by atoms with Gasteiger partial charge in [0.05, 0.1) is 16.3 Å². The molecule has 1 heterocycles. The lowest BCUT2D eigenvalue weighted by Crippen LogP contribution is -2.44. The highest BCUT2D eigenvalue weighted by Gasteiger charge is 2.31. The molecule has 1 aromatic rings. The molecule has 0 spiro atoms. The molecule has 2 rings (SSSR count). The Balaban J connectivity index is 1.92. The first kappa shape index (κ1) is 23.0. The summed E-state index contributed by atoms with van der Waals surface area (Å²) in [6.45, 7) is 4.07. The first-order chi connectivity index (χ1) is 13.5. The van der Waals surface area contributed by atoms with Crippen LogP contribution >= 0.6 is 11.6 Å². The van der Waals surface area contributed by atoms with Crippen LogP contribution in [0.5, 0.6) is 0 Å². The summed E-state index contributed by atoms with van der Waals surface area (Å²) < 4.78 is 38.3. The number of amides is 3. The molecule has 1 saturated heterocycles. The summed E-state index contributed by atoms with van der Waals surface area (Å²) in [4.78, 5) is 36.8. The van der Waals surface area contributed by atoms with Gasteiger partial charge in [-0.05, 0) is 30.5 Å². The number of carbonyl (C=O) groups excluding carboxylic acids is 3. The zero-order valence-electron chi connectivity index (χ0n) is 16.1. The van der Waals surface area contributed by atoms with Crippen molar-refractivity contribution in [3.63, 3.8) is 0 Å². The Morgan fingerprint density at radius 2 is 1.83 bits per heavy atom. The van der Waals surface area contributed by atoms with E-state index in [1.165, 1.54) is 11.0 Å². The molecule has 0 saturated carbocycles. The van der Waals surface area contributed by atoms with Gasteiger partial charge in [-0.2, -0.15) is 13.2 Å². The van der Waals surface area contributed by atoms with Gasteiger partial charge in [0, 0.05) is 25.9 Å². The predicted molar refractivity (Wildman–Crippen MR) is 102 cm³/mol.